The number of aryl methyl sites for hydroxylation is 1. The van der Waals surface area contributed by atoms with E-state index in [1.54, 1.807) is 11.3 Å². The Balaban J connectivity index is 1.97. The molecular formula is C13H22N2OS. The molecule has 1 aromatic heterocycles. The molecule has 2 heterocycles. The van der Waals surface area contributed by atoms with E-state index in [9.17, 15) is 0 Å². The monoisotopic (exact) mass is 254 g/mol. The maximum atomic E-state index is 5.97. The summed E-state index contributed by atoms with van der Waals surface area (Å²) in [5.74, 6) is 0. The number of nitrogens with zero attached hydrogens (tertiary/aromatic N) is 1. The minimum Gasteiger partial charge on any atom is -0.374 e. The molecule has 3 atom stereocenters. The molecule has 1 aliphatic heterocycles. The topological polar surface area (TPSA) is 34.2 Å². The van der Waals surface area contributed by atoms with Crippen LogP contribution in [0.15, 0.2) is 5.38 Å². The molecule has 1 fully saturated rings. The summed E-state index contributed by atoms with van der Waals surface area (Å²) in [4.78, 5) is 4.55. The first kappa shape index (κ1) is 13.0. The minimum absolute atomic E-state index is 0.356. The Morgan fingerprint density at radius 3 is 2.94 bits per heavy atom. The Hall–Kier alpha value is -0.450. The number of rotatable bonds is 5. The van der Waals surface area contributed by atoms with Crippen LogP contribution in [0.3, 0.4) is 0 Å². The maximum absolute atomic E-state index is 5.97. The molecule has 3 nitrogen and oxygen atoms in total. The Labute approximate surface area is 108 Å². The van der Waals surface area contributed by atoms with E-state index < -0.39 is 0 Å². The summed E-state index contributed by atoms with van der Waals surface area (Å²) in [5.41, 5.74) is 1.13. The Morgan fingerprint density at radius 1 is 1.59 bits per heavy atom. The van der Waals surface area contributed by atoms with Gasteiger partial charge in [0, 0.05) is 23.5 Å². The quantitative estimate of drug-likeness (QED) is 0.877. The van der Waals surface area contributed by atoms with Crippen molar-refractivity contribution in [1.29, 1.82) is 0 Å². The number of aromatic nitrogens is 1. The second kappa shape index (κ2) is 5.94. The van der Waals surface area contributed by atoms with Gasteiger partial charge in [-0.3, -0.25) is 0 Å². The highest BCUT2D eigenvalue weighted by atomic mass is 32.1. The fourth-order valence-electron chi connectivity index (χ4n) is 2.41. The molecule has 96 valence electrons. The number of hydrogen-bond donors (Lipinski definition) is 1. The third kappa shape index (κ3) is 3.50. The molecular weight excluding hydrogens is 232 g/mol. The number of likely N-dealkylation sites (N-methyl/N-ethyl adjacent to an activating group) is 1. The molecule has 0 spiro atoms. The van der Waals surface area contributed by atoms with Gasteiger partial charge in [-0.1, -0.05) is 6.92 Å². The molecule has 4 heteroatoms. The van der Waals surface area contributed by atoms with Crippen molar-refractivity contribution < 1.29 is 4.74 Å². The summed E-state index contributed by atoms with van der Waals surface area (Å²) in [6.07, 6.45) is 4.12. The lowest BCUT2D eigenvalue weighted by molar-refractivity contribution is 0.0324. The summed E-state index contributed by atoms with van der Waals surface area (Å²) >= 11 is 1.76. The first-order valence-corrected chi connectivity index (χ1v) is 7.37. The van der Waals surface area contributed by atoms with Crippen molar-refractivity contribution in [3.8, 4) is 0 Å². The lowest BCUT2D eigenvalue weighted by atomic mass is 10.0. The smallest absolute Gasteiger partial charge is 0.0944 e. The standard InChI is InChI=1S/C13H22N2OS/c1-4-14-11(12-6-5-10(3)16-12)7-13-15-9(2)8-17-13/h8,10-12,14H,4-7H2,1-3H3. The lowest BCUT2D eigenvalue weighted by Crippen LogP contribution is -2.41. The second-order valence-corrected chi connectivity index (χ2v) is 5.76. The van der Waals surface area contributed by atoms with E-state index in [2.05, 4.69) is 36.5 Å². The van der Waals surface area contributed by atoms with E-state index in [1.807, 2.05) is 0 Å². The summed E-state index contributed by atoms with van der Waals surface area (Å²) in [5, 5.41) is 6.89. The summed E-state index contributed by atoms with van der Waals surface area (Å²) in [6.45, 7) is 7.36. The summed E-state index contributed by atoms with van der Waals surface area (Å²) < 4.78 is 5.97. The number of nitrogens with one attached hydrogen (secondary N) is 1. The fraction of sp³-hybridized carbons (Fsp3) is 0.769. The SMILES string of the molecule is CCNC(Cc1nc(C)cs1)C1CCC(C)O1. The number of thiazole rings is 1. The van der Waals surface area contributed by atoms with E-state index in [1.165, 1.54) is 17.8 Å². The van der Waals surface area contributed by atoms with Gasteiger partial charge in [0.1, 0.15) is 0 Å². The molecule has 0 aromatic carbocycles. The molecule has 1 aromatic rings. The van der Waals surface area contributed by atoms with Gasteiger partial charge in [-0.25, -0.2) is 4.98 Å². The van der Waals surface area contributed by atoms with Crippen molar-refractivity contribution in [2.45, 2.75) is 58.3 Å². The Kier molecular flexibility index (Phi) is 4.54. The van der Waals surface area contributed by atoms with Gasteiger partial charge in [-0.05, 0) is 33.2 Å². The molecule has 0 bridgehead atoms. The average molecular weight is 254 g/mol. The zero-order valence-corrected chi connectivity index (χ0v) is 11.7. The molecule has 0 saturated carbocycles. The van der Waals surface area contributed by atoms with Crippen LogP contribution in [-0.2, 0) is 11.2 Å². The molecule has 2 rings (SSSR count). The molecule has 1 N–H and O–H groups in total. The van der Waals surface area contributed by atoms with Crippen molar-refractivity contribution in [2.75, 3.05) is 6.54 Å². The highest BCUT2D eigenvalue weighted by Crippen LogP contribution is 2.24. The lowest BCUT2D eigenvalue weighted by Gasteiger charge is -2.23. The van der Waals surface area contributed by atoms with Gasteiger partial charge in [0.2, 0.25) is 0 Å². The van der Waals surface area contributed by atoms with Gasteiger partial charge >= 0.3 is 0 Å². The molecule has 0 radical (unpaired) electrons. The molecule has 0 aliphatic carbocycles. The molecule has 1 saturated heterocycles. The van der Waals surface area contributed by atoms with Crippen molar-refractivity contribution >= 4 is 11.3 Å². The van der Waals surface area contributed by atoms with E-state index in [0.717, 1.165) is 18.7 Å². The zero-order chi connectivity index (χ0) is 12.3. The molecule has 1 aliphatic rings. The van der Waals surface area contributed by atoms with Gasteiger partial charge in [0.05, 0.1) is 17.2 Å². The van der Waals surface area contributed by atoms with Crippen molar-refractivity contribution in [3.05, 3.63) is 16.1 Å². The highest BCUT2D eigenvalue weighted by Gasteiger charge is 2.29. The fourth-order valence-corrected chi connectivity index (χ4v) is 3.24. The van der Waals surface area contributed by atoms with Gasteiger partial charge < -0.3 is 10.1 Å². The van der Waals surface area contributed by atoms with Crippen LogP contribution in [0.25, 0.3) is 0 Å². The van der Waals surface area contributed by atoms with Crippen molar-refractivity contribution in [2.24, 2.45) is 0 Å². The van der Waals surface area contributed by atoms with Crippen molar-refractivity contribution in [1.82, 2.24) is 10.3 Å². The van der Waals surface area contributed by atoms with Crippen LogP contribution < -0.4 is 5.32 Å². The van der Waals surface area contributed by atoms with E-state index in [-0.39, 0.29) is 0 Å². The molecule has 3 unspecified atom stereocenters. The van der Waals surface area contributed by atoms with Crippen LogP contribution in [0.4, 0.5) is 0 Å². The van der Waals surface area contributed by atoms with E-state index in [4.69, 9.17) is 4.74 Å². The number of hydrogen-bond acceptors (Lipinski definition) is 4. The van der Waals surface area contributed by atoms with Crippen LogP contribution in [0.5, 0.6) is 0 Å². The van der Waals surface area contributed by atoms with Gasteiger partial charge in [-0.2, -0.15) is 0 Å². The third-order valence-electron chi connectivity index (χ3n) is 3.24. The highest BCUT2D eigenvalue weighted by molar-refractivity contribution is 7.09. The van der Waals surface area contributed by atoms with Gasteiger partial charge in [0.15, 0.2) is 0 Å². The Morgan fingerprint density at radius 2 is 2.41 bits per heavy atom. The van der Waals surface area contributed by atoms with Crippen molar-refractivity contribution in [3.63, 3.8) is 0 Å². The normalized spacial score (nSPS) is 26.3. The van der Waals surface area contributed by atoms with Crippen LogP contribution >= 0.6 is 11.3 Å². The average Bonchev–Trinajstić information content (AvgIpc) is 2.87. The van der Waals surface area contributed by atoms with Gasteiger partial charge in [-0.15, -0.1) is 11.3 Å². The second-order valence-electron chi connectivity index (χ2n) is 4.81. The van der Waals surface area contributed by atoms with E-state index >= 15 is 0 Å². The minimum atomic E-state index is 0.356. The summed E-state index contributed by atoms with van der Waals surface area (Å²) in [7, 11) is 0. The molecule has 17 heavy (non-hydrogen) atoms. The predicted octanol–water partition coefficient (Wildman–Crippen LogP) is 2.54. The van der Waals surface area contributed by atoms with E-state index in [0.29, 0.717) is 18.2 Å². The number of ether oxygens (including phenoxy) is 1. The van der Waals surface area contributed by atoms with Crippen LogP contribution in [0, 0.1) is 6.92 Å². The third-order valence-corrected chi connectivity index (χ3v) is 4.23. The first-order chi connectivity index (χ1) is 8.19. The predicted molar refractivity (Wildman–Crippen MR) is 71.6 cm³/mol. The first-order valence-electron chi connectivity index (χ1n) is 6.49. The van der Waals surface area contributed by atoms with Crippen LogP contribution in [0.1, 0.15) is 37.4 Å². The molecule has 0 amide bonds. The largest absolute Gasteiger partial charge is 0.374 e. The summed E-state index contributed by atoms with van der Waals surface area (Å²) in [6, 6.07) is 0.413. The van der Waals surface area contributed by atoms with Crippen LogP contribution in [-0.4, -0.2) is 29.8 Å². The maximum Gasteiger partial charge on any atom is 0.0944 e. The van der Waals surface area contributed by atoms with Crippen LogP contribution in [0.2, 0.25) is 0 Å². The zero-order valence-electron chi connectivity index (χ0n) is 10.9. The Bertz CT molecular complexity index is 353. The van der Waals surface area contributed by atoms with Gasteiger partial charge in [0.25, 0.3) is 0 Å².